The lowest BCUT2D eigenvalue weighted by atomic mass is 10.1. The van der Waals surface area contributed by atoms with Crippen LogP contribution >= 0.6 is 0 Å². The Morgan fingerprint density at radius 1 is 0.957 bits per heavy atom. The van der Waals surface area contributed by atoms with Gasteiger partial charge in [-0.15, -0.1) is 0 Å². The lowest BCUT2D eigenvalue weighted by molar-refractivity contribution is 0.415. The minimum Gasteiger partial charge on any atom is -0.497 e. The second kappa shape index (κ2) is 7.35. The van der Waals surface area contributed by atoms with E-state index in [-0.39, 0.29) is 0 Å². The predicted octanol–water partition coefficient (Wildman–Crippen LogP) is 3.20. The first kappa shape index (κ1) is 15.0. The first-order valence-electron chi connectivity index (χ1n) is 7.44. The third-order valence-electron chi connectivity index (χ3n) is 3.51. The minimum absolute atomic E-state index is 0.774. The molecule has 0 aliphatic rings. The zero-order chi connectivity index (χ0) is 15.9. The maximum absolute atomic E-state index is 5.15. The standard InChI is InChI=1S/C18H18N4O/c1-23-16-4-2-15(3-5-16)17-12-22-18(13-21-17)20-11-8-14-6-9-19-10-7-14/h2-7,9-10,12-13H,8,11H2,1H3,(H,20,22). The number of hydrogen-bond donors (Lipinski definition) is 1. The molecule has 0 radical (unpaired) electrons. The van der Waals surface area contributed by atoms with E-state index in [1.54, 1.807) is 31.9 Å². The van der Waals surface area contributed by atoms with E-state index in [0.29, 0.717) is 0 Å². The highest BCUT2D eigenvalue weighted by atomic mass is 16.5. The molecule has 0 aliphatic carbocycles. The third-order valence-corrected chi connectivity index (χ3v) is 3.51. The fraction of sp³-hybridized carbons (Fsp3) is 0.167. The highest BCUT2D eigenvalue weighted by molar-refractivity contribution is 5.59. The summed E-state index contributed by atoms with van der Waals surface area (Å²) in [7, 11) is 1.65. The summed E-state index contributed by atoms with van der Waals surface area (Å²) >= 11 is 0. The van der Waals surface area contributed by atoms with E-state index in [1.807, 2.05) is 36.4 Å². The molecule has 0 unspecified atom stereocenters. The average molecular weight is 306 g/mol. The Morgan fingerprint density at radius 3 is 2.39 bits per heavy atom. The van der Waals surface area contributed by atoms with E-state index in [1.165, 1.54) is 5.56 Å². The van der Waals surface area contributed by atoms with E-state index < -0.39 is 0 Å². The maximum atomic E-state index is 5.15. The molecule has 2 heterocycles. The van der Waals surface area contributed by atoms with Crippen LogP contribution in [0.4, 0.5) is 5.82 Å². The largest absolute Gasteiger partial charge is 0.497 e. The molecule has 0 saturated heterocycles. The number of aromatic nitrogens is 3. The van der Waals surface area contributed by atoms with Gasteiger partial charge in [0.1, 0.15) is 11.6 Å². The zero-order valence-corrected chi connectivity index (χ0v) is 12.9. The lowest BCUT2D eigenvalue weighted by Crippen LogP contribution is -2.06. The van der Waals surface area contributed by atoms with Gasteiger partial charge in [0.2, 0.25) is 0 Å². The van der Waals surface area contributed by atoms with Gasteiger partial charge in [0.25, 0.3) is 0 Å². The van der Waals surface area contributed by atoms with Gasteiger partial charge in [0, 0.05) is 24.5 Å². The molecular formula is C18H18N4O. The molecule has 1 aromatic carbocycles. The SMILES string of the molecule is COc1ccc(-c2cnc(NCCc3ccncc3)cn2)cc1. The summed E-state index contributed by atoms with van der Waals surface area (Å²) in [6.07, 6.45) is 8.06. The van der Waals surface area contributed by atoms with Crippen molar-refractivity contribution in [2.75, 3.05) is 19.0 Å². The summed E-state index contributed by atoms with van der Waals surface area (Å²) in [5.74, 6) is 1.60. The summed E-state index contributed by atoms with van der Waals surface area (Å²) in [5.41, 5.74) is 3.10. The van der Waals surface area contributed by atoms with Crippen molar-refractivity contribution < 1.29 is 4.74 Å². The number of nitrogens with one attached hydrogen (secondary N) is 1. The van der Waals surface area contributed by atoms with E-state index in [0.717, 1.165) is 35.8 Å². The van der Waals surface area contributed by atoms with E-state index >= 15 is 0 Å². The van der Waals surface area contributed by atoms with Crippen molar-refractivity contribution >= 4 is 5.82 Å². The van der Waals surface area contributed by atoms with Gasteiger partial charge in [-0.2, -0.15) is 0 Å². The molecule has 116 valence electrons. The van der Waals surface area contributed by atoms with Crippen molar-refractivity contribution in [3.8, 4) is 17.0 Å². The number of pyridine rings is 1. The minimum atomic E-state index is 0.774. The highest BCUT2D eigenvalue weighted by Crippen LogP contribution is 2.20. The third kappa shape index (κ3) is 4.03. The fourth-order valence-electron chi connectivity index (χ4n) is 2.21. The van der Waals surface area contributed by atoms with Crippen molar-refractivity contribution in [1.82, 2.24) is 15.0 Å². The number of benzene rings is 1. The normalized spacial score (nSPS) is 10.3. The van der Waals surface area contributed by atoms with Crippen molar-refractivity contribution in [2.45, 2.75) is 6.42 Å². The highest BCUT2D eigenvalue weighted by Gasteiger charge is 2.01. The van der Waals surface area contributed by atoms with Crippen molar-refractivity contribution in [3.05, 3.63) is 66.7 Å². The summed E-state index contributed by atoms with van der Waals surface area (Å²) in [6, 6.07) is 11.8. The Hall–Kier alpha value is -2.95. The first-order chi connectivity index (χ1) is 11.3. The van der Waals surface area contributed by atoms with Crippen molar-refractivity contribution in [3.63, 3.8) is 0 Å². The molecule has 0 bridgehead atoms. The van der Waals surface area contributed by atoms with Crippen LogP contribution < -0.4 is 10.1 Å². The molecule has 3 aromatic rings. The number of methoxy groups -OCH3 is 1. The first-order valence-corrected chi connectivity index (χ1v) is 7.44. The number of ether oxygens (including phenoxy) is 1. The summed E-state index contributed by atoms with van der Waals surface area (Å²) < 4.78 is 5.15. The van der Waals surface area contributed by atoms with Crippen LogP contribution in [0.15, 0.2) is 61.2 Å². The number of nitrogens with zero attached hydrogens (tertiary/aromatic N) is 3. The van der Waals surface area contributed by atoms with Crippen molar-refractivity contribution in [1.29, 1.82) is 0 Å². The summed E-state index contributed by atoms with van der Waals surface area (Å²) in [4.78, 5) is 12.9. The average Bonchev–Trinajstić information content (AvgIpc) is 2.63. The van der Waals surface area contributed by atoms with E-state index in [9.17, 15) is 0 Å². The summed E-state index contributed by atoms with van der Waals surface area (Å²) in [5, 5.41) is 3.28. The van der Waals surface area contributed by atoms with Crippen LogP contribution in [-0.4, -0.2) is 28.6 Å². The lowest BCUT2D eigenvalue weighted by Gasteiger charge is -2.07. The van der Waals surface area contributed by atoms with Gasteiger partial charge in [-0.1, -0.05) is 0 Å². The molecule has 0 spiro atoms. The maximum Gasteiger partial charge on any atom is 0.144 e. The molecule has 0 aliphatic heterocycles. The number of hydrogen-bond acceptors (Lipinski definition) is 5. The van der Waals surface area contributed by atoms with E-state index in [2.05, 4.69) is 20.3 Å². The topological polar surface area (TPSA) is 59.9 Å². The van der Waals surface area contributed by atoms with Crippen LogP contribution in [0.25, 0.3) is 11.3 Å². The molecule has 5 nitrogen and oxygen atoms in total. The Bertz CT molecular complexity index is 727. The van der Waals surface area contributed by atoms with Crippen LogP contribution in [0.2, 0.25) is 0 Å². The van der Waals surface area contributed by atoms with Gasteiger partial charge in [0.05, 0.1) is 25.2 Å². The zero-order valence-electron chi connectivity index (χ0n) is 12.9. The number of anilines is 1. The molecule has 0 amide bonds. The van der Waals surface area contributed by atoms with Crippen LogP contribution in [0.3, 0.4) is 0 Å². The predicted molar refractivity (Wildman–Crippen MR) is 90.5 cm³/mol. The Labute approximate surface area is 135 Å². The van der Waals surface area contributed by atoms with Gasteiger partial charge in [-0.05, 0) is 48.4 Å². The van der Waals surface area contributed by atoms with Crippen LogP contribution in [0, 0.1) is 0 Å². The molecule has 0 atom stereocenters. The van der Waals surface area contributed by atoms with Crippen LogP contribution in [0.5, 0.6) is 5.75 Å². The van der Waals surface area contributed by atoms with Crippen LogP contribution in [0.1, 0.15) is 5.56 Å². The molecule has 3 rings (SSSR count). The Morgan fingerprint density at radius 2 is 1.74 bits per heavy atom. The van der Waals surface area contributed by atoms with Gasteiger partial charge >= 0.3 is 0 Å². The van der Waals surface area contributed by atoms with Crippen LogP contribution in [-0.2, 0) is 6.42 Å². The summed E-state index contributed by atoms with van der Waals surface area (Å²) in [6.45, 7) is 0.806. The Kier molecular flexibility index (Phi) is 4.79. The number of rotatable bonds is 6. The van der Waals surface area contributed by atoms with Gasteiger partial charge in [-0.3, -0.25) is 9.97 Å². The quantitative estimate of drug-likeness (QED) is 0.758. The smallest absolute Gasteiger partial charge is 0.144 e. The molecule has 1 N–H and O–H groups in total. The fourth-order valence-corrected chi connectivity index (χ4v) is 2.21. The monoisotopic (exact) mass is 306 g/mol. The van der Waals surface area contributed by atoms with Gasteiger partial charge in [0.15, 0.2) is 0 Å². The molecule has 0 saturated carbocycles. The Balaban J connectivity index is 1.58. The molecule has 5 heteroatoms. The van der Waals surface area contributed by atoms with E-state index in [4.69, 9.17) is 4.74 Å². The molecule has 2 aromatic heterocycles. The van der Waals surface area contributed by atoms with Gasteiger partial charge < -0.3 is 10.1 Å². The van der Waals surface area contributed by atoms with Gasteiger partial charge in [-0.25, -0.2) is 4.98 Å². The molecule has 23 heavy (non-hydrogen) atoms. The van der Waals surface area contributed by atoms with Crippen molar-refractivity contribution in [2.24, 2.45) is 0 Å². The second-order valence-electron chi connectivity index (χ2n) is 5.05. The molecular weight excluding hydrogens is 288 g/mol. The molecule has 0 fully saturated rings. The second-order valence-corrected chi connectivity index (χ2v) is 5.05.